The lowest BCUT2D eigenvalue weighted by atomic mass is 10.1. The van der Waals surface area contributed by atoms with Gasteiger partial charge in [0.2, 0.25) is 0 Å². The van der Waals surface area contributed by atoms with Crippen molar-refractivity contribution in [2.75, 3.05) is 23.3 Å². The smallest absolute Gasteiger partial charge is 0.357 e. The lowest BCUT2D eigenvalue weighted by molar-refractivity contribution is -0.137. The minimum absolute atomic E-state index is 0.0889. The Balaban J connectivity index is 1.56. The maximum atomic E-state index is 12.7. The average molecular weight is 378 g/mol. The lowest BCUT2D eigenvalue weighted by Crippen LogP contribution is -2.31. The van der Waals surface area contributed by atoms with Gasteiger partial charge in [-0.15, -0.1) is 0 Å². The van der Waals surface area contributed by atoms with Gasteiger partial charge in [-0.3, -0.25) is 0 Å². The highest BCUT2D eigenvalue weighted by molar-refractivity contribution is 5.89. The number of nitrogens with zero attached hydrogens (tertiary/aromatic N) is 2. The minimum atomic E-state index is -4.45. The Kier molecular flexibility index (Phi) is 5.83. The van der Waals surface area contributed by atoms with Crippen LogP contribution in [0.1, 0.15) is 30.4 Å². The molecule has 1 aliphatic rings. The number of amides is 2. The molecule has 1 aliphatic heterocycles. The van der Waals surface area contributed by atoms with Gasteiger partial charge in [-0.05, 0) is 55.2 Å². The highest BCUT2D eigenvalue weighted by atomic mass is 19.4. The molecule has 144 valence electrons. The molecule has 0 unspecified atom stereocenters. The number of rotatable bonds is 4. The topological polar surface area (TPSA) is 57.3 Å². The molecule has 1 aromatic heterocycles. The zero-order chi connectivity index (χ0) is 19.3. The SMILES string of the molecule is O=C(NCc1ccnc(N2CCCCC2)c1)Nc1cccc(C(F)(F)F)c1. The van der Waals surface area contributed by atoms with Crippen LogP contribution in [0.25, 0.3) is 0 Å². The Morgan fingerprint density at radius 2 is 1.89 bits per heavy atom. The van der Waals surface area contributed by atoms with E-state index in [-0.39, 0.29) is 12.2 Å². The molecule has 0 atom stereocenters. The van der Waals surface area contributed by atoms with E-state index in [4.69, 9.17) is 0 Å². The van der Waals surface area contributed by atoms with Crippen LogP contribution < -0.4 is 15.5 Å². The number of pyridine rings is 1. The third-order valence-electron chi connectivity index (χ3n) is 4.39. The molecule has 1 aromatic carbocycles. The van der Waals surface area contributed by atoms with Gasteiger partial charge >= 0.3 is 12.2 Å². The molecule has 1 saturated heterocycles. The van der Waals surface area contributed by atoms with Crippen LogP contribution in [0.4, 0.5) is 29.5 Å². The Bertz CT molecular complexity index is 789. The number of nitrogens with one attached hydrogen (secondary N) is 2. The molecule has 2 N–H and O–H groups in total. The van der Waals surface area contributed by atoms with Gasteiger partial charge in [0, 0.05) is 31.5 Å². The largest absolute Gasteiger partial charge is 0.416 e. The summed E-state index contributed by atoms with van der Waals surface area (Å²) in [5.41, 5.74) is 0.163. The molecule has 3 rings (SSSR count). The van der Waals surface area contributed by atoms with Gasteiger partial charge in [0.05, 0.1) is 5.56 Å². The number of carbonyl (C=O) groups excluding carboxylic acids is 1. The monoisotopic (exact) mass is 378 g/mol. The van der Waals surface area contributed by atoms with Gasteiger partial charge in [0.15, 0.2) is 0 Å². The maximum absolute atomic E-state index is 12.7. The normalized spacial score (nSPS) is 14.7. The molecule has 8 heteroatoms. The van der Waals surface area contributed by atoms with Gasteiger partial charge in [0.1, 0.15) is 5.82 Å². The number of halogens is 3. The second-order valence-electron chi connectivity index (χ2n) is 6.46. The molecule has 27 heavy (non-hydrogen) atoms. The van der Waals surface area contributed by atoms with Crippen molar-refractivity contribution in [1.82, 2.24) is 10.3 Å². The Hall–Kier alpha value is -2.77. The van der Waals surface area contributed by atoms with Gasteiger partial charge in [-0.1, -0.05) is 6.07 Å². The van der Waals surface area contributed by atoms with Crippen LogP contribution in [0.3, 0.4) is 0 Å². The molecule has 2 amide bonds. The number of benzene rings is 1. The van der Waals surface area contributed by atoms with Crippen LogP contribution in [0.15, 0.2) is 42.6 Å². The summed E-state index contributed by atoms with van der Waals surface area (Å²) >= 11 is 0. The Morgan fingerprint density at radius 1 is 1.11 bits per heavy atom. The fourth-order valence-corrected chi connectivity index (χ4v) is 3.00. The highest BCUT2D eigenvalue weighted by Gasteiger charge is 2.30. The van der Waals surface area contributed by atoms with Crippen molar-refractivity contribution in [3.63, 3.8) is 0 Å². The number of anilines is 2. The van der Waals surface area contributed by atoms with Gasteiger partial charge in [-0.25, -0.2) is 9.78 Å². The van der Waals surface area contributed by atoms with Crippen molar-refractivity contribution in [2.45, 2.75) is 32.0 Å². The van der Waals surface area contributed by atoms with Crippen LogP contribution in [0, 0.1) is 0 Å². The Labute approximate surface area is 155 Å². The van der Waals surface area contributed by atoms with E-state index in [1.165, 1.54) is 18.6 Å². The van der Waals surface area contributed by atoms with Crippen LogP contribution >= 0.6 is 0 Å². The number of hydrogen-bond acceptors (Lipinski definition) is 3. The van der Waals surface area contributed by atoms with Gasteiger partial charge in [-0.2, -0.15) is 13.2 Å². The van der Waals surface area contributed by atoms with Crippen molar-refractivity contribution in [2.24, 2.45) is 0 Å². The molecule has 0 saturated carbocycles. The van der Waals surface area contributed by atoms with Crippen molar-refractivity contribution in [3.05, 3.63) is 53.7 Å². The number of hydrogen-bond donors (Lipinski definition) is 2. The van der Waals surface area contributed by atoms with Crippen molar-refractivity contribution < 1.29 is 18.0 Å². The maximum Gasteiger partial charge on any atom is 0.416 e. The first kappa shape index (κ1) is 19.0. The second-order valence-corrected chi connectivity index (χ2v) is 6.46. The van der Waals surface area contributed by atoms with E-state index < -0.39 is 17.8 Å². The van der Waals surface area contributed by atoms with Crippen LogP contribution in [-0.4, -0.2) is 24.1 Å². The summed E-state index contributed by atoms with van der Waals surface area (Å²) in [5, 5.41) is 5.08. The van der Waals surface area contributed by atoms with Gasteiger partial charge < -0.3 is 15.5 Å². The molecule has 0 aliphatic carbocycles. The minimum Gasteiger partial charge on any atom is -0.357 e. The van der Waals surface area contributed by atoms with E-state index in [9.17, 15) is 18.0 Å². The fourth-order valence-electron chi connectivity index (χ4n) is 3.00. The number of carbonyl (C=O) groups is 1. The second kappa shape index (κ2) is 8.28. The summed E-state index contributed by atoms with van der Waals surface area (Å²) in [5.74, 6) is 0.882. The molecular formula is C19H21F3N4O. The predicted molar refractivity (Wildman–Crippen MR) is 97.6 cm³/mol. The average Bonchev–Trinajstić information content (AvgIpc) is 2.67. The van der Waals surface area contributed by atoms with Crippen molar-refractivity contribution >= 4 is 17.5 Å². The highest BCUT2D eigenvalue weighted by Crippen LogP contribution is 2.30. The molecule has 0 spiro atoms. The number of aromatic nitrogens is 1. The first-order valence-electron chi connectivity index (χ1n) is 8.84. The molecule has 2 heterocycles. The quantitative estimate of drug-likeness (QED) is 0.828. The van der Waals surface area contributed by atoms with Crippen molar-refractivity contribution in [3.8, 4) is 0 Å². The van der Waals surface area contributed by atoms with E-state index in [1.54, 1.807) is 12.3 Å². The predicted octanol–water partition coefficient (Wildman–Crippen LogP) is 4.41. The van der Waals surface area contributed by atoms with E-state index in [1.807, 2.05) is 6.07 Å². The fraction of sp³-hybridized carbons (Fsp3) is 0.368. The Morgan fingerprint density at radius 3 is 2.63 bits per heavy atom. The zero-order valence-corrected chi connectivity index (χ0v) is 14.7. The summed E-state index contributed by atoms with van der Waals surface area (Å²) in [6.07, 6.45) is 0.766. The summed E-state index contributed by atoms with van der Waals surface area (Å²) in [6.45, 7) is 2.20. The summed E-state index contributed by atoms with van der Waals surface area (Å²) in [7, 11) is 0. The zero-order valence-electron chi connectivity index (χ0n) is 14.7. The van der Waals surface area contributed by atoms with Crippen molar-refractivity contribution in [1.29, 1.82) is 0 Å². The van der Waals surface area contributed by atoms with E-state index >= 15 is 0 Å². The van der Waals surface area contributed by atoms with Gasteiger partial charge in [0.25, 0.3) is 0 Å². The molecule has 5 nitrogen and oxygen atoms in total. The summed E-state index contributed by atoms with van der Waals surface area (Å²) < 4.78 is 38.2. The number of alkyl halides is 3. The first-order chi connectivity index (χ1) is 12.9. The third kappa shape index (κ3) is 5.35. The molecule has 0 bridgehead atoms. The lowest BCUT2D eigenvalue weighted by Gasteiger charge is -2.27. The standard InChI is InChI=1S/C19H21F3N4O/c20-19(21,22)15-5-4-6-16(12-15)25-18(27)24-13-14-7-8-23-17(11-14)26-9-2-1-3-10-26/h4-8,11-12H,1-3,9-10,13H2,(H2,24,25,27). The molecule has 2 aromatic rings. The molecule has 0 radical (unpaired) electrons. The molecular weight excluding hydrogens is 357 g/mol. The summed E-state index contributed by atoms with van der Waals surface area (Å²) in [4.78, 5) is 18.6. The first-order valence-corrected chi connectivity index (χ1v) is 8.84. The third-order valence-corrected chi connectivity index (χ3v) is 4.39. The van der Waals surface area contributed by atoms with E-state index in [2.05, 4.69) is 20.5 Å². The number of urea groups is 1. The number of piperidine rings is 1. The summed E-state index contributed by atoms with van der Waals surface area (Å²) in [6, 6.07) is 7.70. The van der Waals surface area contributed by atoms with Crippen LogP contribution in [0.2, 0.25) is 0 Å². The van der Waals surface area contributed by atoms with Crippen LogP contribution in [-0.2, 0) is 12.7 Å². The van der Waals surface area contributed by atoms with Crippen LogP contribution in [0.5, 0.6) is 0 Å². The van der Waals surface area contributed by atoms with E-state index in [0.717, 1.165) is 49.4 Å². The van der Waals surface area contributed by atoms with E-state index in [0.29, 0.717) is 0 Å². The molecule has 1 fully saturated rings.